The monoisotopic (exact) mass is 447 g/mol. The van der Waals surface area contributed by atoms with Crippen molar-refractivity contribution in [2.75, 3.05) is 7.11 Å². The van der Waals surface area contributed by atoms with Gasteiger partial charge in [0.1, 0.15) is 5.37 Å². The van der Waals surface area contributed by atoms with Crippen LogP contribution in [0.25, 0.3) is 0 Å². The summed E-state index contributed by atoms with van der Waals surface area (Å²) in [4.78, 5) is 35.8. The molecule has 0 aliphatic carbocycles. The molecule has 10 heteroatoms. The largest absolute Gasteiger partial charge is 0.493 e. The second kappa shape index (κ2) is 9.19. The molecule has 0 unspecified atom stereocenters. The summed E-state index contributed by atoms with van der Waals surface area (Å²) in [6, 6.07) is 11.5. The summed E-state index contributed by atoms with van der Waals surface area (Å²) in [6.07, 6.45) is 0. The fourth-order valence-corrected chi connectivity index (χ4v) is 4.02. The second-order valence-corrected chi connectivity index (χ2v) is 7.68. The van der Waals surface area contributed by atoms with E-state index in [2.05, 4.69) is 10.4 Å². The van der Waals surface area contributed by atoms with E-state index in [1.165, 1.54) is 37.7 Å². The molecule has 1 aliphatic heterocycles. The minimum Gasteiger partial charge on any atom is -0.493 e. The quantitative estimate of drug-likeness (QED) is 0.568. The van der Waals surface area contributed by atoms with Crippen molar-refractivity contribution in [3.63, 3.8) is 0 Å². The van der Waals surface area contributed by atoms with Crippen LogP contribution in [0, 0.1) is 0 Å². The molecule has 156 valence electrons. The molecule has 0 saturated heterocycles. The van der Waals surface area contributed by atoms with Crippen molar-refractivity contribution >= 4 is 46.3 Å². The number of benzene rings is 2. The SMILES string of the molecule is COc1cc([C@H]2SC(NC(C)=O)=NN2C(C)=O)ccc1OC(=O)c1ccccc1Cl. The third kappa shape index (κ3) is 4.74. The van der Waals surface area contributed by atoms with Crippen molar-refractivity contribution in [1.82, 2.24) is 10.3 Å². The van der Waals surface area contributed by atoms with Crippen LogP contribution in [0.2, 0.25) is 5.02 Å². The lowest BCUT2D eigenvalue weighted by atomic mass is 10.2. The molecule has 0 radical (unpaired) electrons. The van der Waals surface area contributed by atoms with Gasteiger partial charge in [0.15, 0.2) is 16.7 Å². The summed E-state index contributed by atoms with van der Waals surface area (Å²) in [5.74, 6) is -0.703. The topological polar surface area (TPSA) is 97.3 Å². The number of hydrogen-bond donors (Lipinski definition) is 1. The number of esters is 1. The highest BCUT2D eigenvalue weighted by Gasteiger charge is 2.33. The number of halogens is 1. The van der Waals surface area contributed by atoms with Crippen LogP contribution in [0.3, 0.4) is 0 Å². The predicted octanol–water partition coefficient (Wildman–Crippen LogP) is 3.57. The molecule has 0 bridgehead atoms. The van der Waals surface area contributed by atoms with Crippen LogP contribution in [0.5, 0.6) is 11.5 Å². The molecule has 8 nitrogen and oxygen atoms in total. The molecule has 1 aliphatic rings. The van der Waals surface area contributed by atoms with Gasteiger partial charge >= 0.3 is 5.97 Å². The number of nitrogens with one attached hydrogen (secondary N) is 1. The van der Waals surface area contributed by atoms with Crippen molar-refractivity contribution in [3.8, 4) is 11.5 Å². The Labute approximate surface area is 182 Å². The molecule has 0 saturated carbocycles. The first-order chi connectivity index (χ1) is 14.3. The lowest BCUT2D eigenvalue weighted by Crippen LogP contribution is -2.25. The number of amides is 2. The molecule has 1 atom stereocenters. The van der Waals surface area contributed by atoms with Gasteiger partial charge in [-0.1, -0.05) is 41.6 Å². The number of amidine groups is 1. The van der Waals surface area contributed by atoms with Gasteiger partial charge in [0, 0.05) is 13.8 Å². The van der Waals surface area contributed by atoms with Crippen molar-refractivity contribution < 1.29 is 23.9 Å². The highest BCUT2D eigenvalue weighted by Crippen LogP contribution is 2.41. The van der Waals surface area contributed by atoms with E-state index < -0.39 is 11.3 Å². The maximum atomic E-state index is 12.5. The molecule has 0 aromatic heterocycles. The van der Waals surface area contributed by atoms with E-state index >= 15 is 0 Å². The van der Waals surface area contributed by atoms with Crippen molar-refractivity contribution in [2.45, 2.75) is 19.2 Å². The number of nitrogens with zero attached hydrogens (tertiary/aromatic N) is 2. The Morgan fingerprint density at radius 1 is 1.13 bits per heavy atom. The van der Waals surface area contributed by atoms with Gasteiger partial charge in [-0.25, -0.2) is 9.80 Å². The lowest BCUT2D eigenvalue weighted by molar-refractivity contribution is -0.129. The van der Waals surface area contributed by atoms with Crippen LogP contribution in [-0.4, -0.2) is 35.1 Å². The molecule has 1 N–H and O–H groups in total. The molecular formula is C20H18ClN3O5S. The molecular weight excluding hydrogens is 430 g/mol. The smallest absolute Gasteiger partial charge is 0.345 e. The molecule has 2 amide bonds. The average molecular weight is 448 g/mol. The highest BCUT2D eigenvalue weighted by atomic mass is 35.5. The summed E-state index contributed by atoms with van der Waals surface area (Å²) in [6.45, 7) is 2.74. The third-order valence-electron chi connectivity index (χ3n) is 4.02. The Bertz CT molecular complexity index is 1040. The zero-order chi connectivity index (χ0) is 21.8. The minimum atomic E-state index is -0.622. The summed E-state index contributed by atoms with van der Waals surface area (Å²) in [5.41, 5.74) is 0.904. The molecule has 30 heavy (non-hydrogen) atoms. The van der Waals surface area contributed by atoms with Crippen molar-refractivity contribution in [3.05, 3.63) is 58.6 Å². The predicted molar refractivity (Wildman–Crippen MR) is 114 cm³/mol. The van der Waals surface area contributed by atoms with Crippen molar-refractivity contribution in [1.29, 1.82) is 0 Å². The third-order valence-corrected chi connectivity index (χ3v) is 5.45. The number of thioether (sulfide) groups is 1. The number of hydrogen-bond acceptors (Lipinski definition) is 7. The van der Waals surface area contributed by atoms with E-state index in [0.29, 0.717) is 16.5 Å². The fraction of sp³-hybridized carbons (Fsp3) is 0.200. The molecule has 3 rings (SSSR count). The van der Waals surface area contributed by atoms with E-state index in [4.69, 9.17) is 21.1 Å². The summed E-state index contributed by atoms with van der Waals surface area (Å²) < 4.78 is 10.8. The number of carbonyl (C=O) groups excluding carboxylic acids is 3. The Balaban J connectivity index is 1.85. The Hall–Kier alpha value is -3.04. The van der Waals surface area contributed by atoms with Gasteiger partial charge in [0.25, 0.3) is 0 Å². The van der Waals surface area contributed by atoms with Crippen LogP contribution < -0.4 is 14.8 Å². The second-order valence-electron chi connectivity index (χ2n) is 6.20. The van der Waals surface area contributed by atoms with E-state index in [9.17, 15) is 14.4 Å². The molecule has 2 aromatic rings. The summed E-state index contributed by atoms with van der Waals surface area (Å²) in [5, 5.41) is 8.08. The first-order valence-corrected chi connectivity index (χ1v) is 10.0. The first-order valence-electron chi connectivity index (χ1n) is 8.77. The Morgan fingerprint density at radius 2 is 1.87 bits per heavy atom. The first kappa shape index (κ1) is 21.7. The zero-order valence-corrected chi connectivity index (χ0v) is 17.9. The number of ether oxygens (including phenoxy) is 2. The van der Waals surface area contributed by atoms with Gasteiger partial charge < -0.3 is 14.8 Å². The van der Waals surface area contributed by atoms with Crippen LogP contribution >= 0.6 is 23.4 Å². The van der Waals surface area contributed by atoms with Crippen molar-refractivity contribution in [2.24, 2.45) is 5.10 Å². The number of methoxy groups -OCH3 is 1. The van der Waals surface area contributed by atoms with Gasteiger partial charge in [-0.2, -0.15) is 0 Å². The molecule has 1 heterocycles. The maximum absolute atomic E-state index is 12.5. The van der Waals surface area contributed by atoms with Gasteiger partial charge in [-0.3, -0.25) is 9.59 Å². The number of hydrazone groups is 1. The van der Waals surface area contributed by atoms with E-state index in [0.717, 1.165) is 0 Å². The van der Waals surface area contributed by atoms with E-state index in [1.54, 1.807) is 42.5 Å². The normalized spacial score (nSPS) is 15.4. The fourth-order valence-electron chi connectivity index (χ4n) is 2.68. The Morgan fingerprint density at radius 3 is 2.50 bits per heavy atom. The van der Waals surface area contributed by atoms with Crippen LogP contribution in [0.15, 0.2) is 47.6 Å². The summed E-state index contributed by atoms with van der Waals surface area (Å²) in [7, 11) is 1.44. The molecule has 0 spiro atoms. The van der Waals surface area contributed by atoms with Crippen LogP contribution in [-0.2, 0) is 9.59 Å². The number of rotatable bonds is 4. The van der Waals surface area contributed by atoms with Gasteiger partial charge in [0.05, 0.1) is 17.7 Å². The van der Waals surface area contributed by atoms with E-state index in [1.807, 2.05) is 0 Å². The van der Waals surface area contributed by atoms with E-state index in [-0.39, 0.29) is 28.1 Å². The molecule has 2 aromatic carbocycles. The van der Waals surface area contributed by atoms with Gasteiger partial charge in [0.2, 0.25) is 11.8 Å². The zero-order valence-electron chi connectivity index (χ0n) is 16.3. The van der Waals surface area contributed by atoms with Crippen LogP contribution in [0.4, 0.5) is 0 Å². The summed E-state index contributed by atoms with van der Waals surface area (Å²) >= 11 is 7.26. The van der Waals surface area contributed by atoms with Gasteiger partial charge in [-0.05, 0) is 29.8 Å². The lowest BCUT2D eigenvalue weighted by Gasteiger charge is -2.20. The van der Waals surface area contributed by atoms with Gasteiger partial charge in [-0.15, -0.1) is 5.10 Å². The number of carbonyl (C=O) groups is 3. The average Bonchev–Trinajstić information content (AvgIpc) is 3.12. The molecule has 0 fully saturated rings. The van der Waals surface area contributed by atoms with Crippen LogP contribution in [0.1, 0.15) is 35.1 Å². The Kier molecular flexibility index (Phi) is 6.63. The maximum Gasteiger partial charge on any atom is 0.345 e. The standard InChI is InChI=1S/C20H18ClN3O5S/c1-11(25)22-20-23-24(12(2)26)18(30-20)13-8-9-16(17(10-13)28-3)29-19(27)14-6-4-5-7-15(14)21/h4-10,18H,1-3H3,(H,22,23,25)/t18-/m1/s1. The minimum absolute atomic E-state index is 0.201. The highest BCUT2D eigenvalue weighted by molar-refractivity contribution is 8.14.